The molecule has 0 aliphatic heterocycles. The van der Waals surface area contributed by atoms with E-state index >= 15 is 0 Å². The molecule has 0 radical (unpaired) electrons. The van der Waals surface area contributed by atoms with Gasteiger partial charge in [0.2, 0.25) is 0 Å². The Morgan fingerprint density at radius 2 is 1.71 bits per heavy atom. The molecule has 0 aliphatic carbocycles. The summed E-state index contributed by atoms with van der Waals surface area (Å²) in [6.45, 7) is 8.19. The van der Waals surface area contributed by atoms with Crippen LogP contribution in [0.4, 0.5) is 0 Å². The molecule has 0 heteroatoms. The Morgan fingerprint density at radius 1 is 1.21 bits per heavy atom. The first-order chi connectivity index (χ1) is 5.77. The highest BCUT2D eigenvalue weighted by Crippen LogP contribution is 2.18. The second-order valence-electron chi connectivity index (χ2n) is 3.18. The molecule has 14 heavy (non-hydrogen) atoms. The highest BCUT2D eigenvalue weighted by atomic mass is 14.1. The first-order valence-corrected chi connectivity index (χ1v) is 4.50. The molecule has 0 aromatic heterocycles. The zero-order chi connectivity index (χ0) is 8.97. The van der Waals surface area contributed by atoms with Crippen LogP contribution in [0.1, 0.15) is 52.2 Å². The van der Waals surface area contributed by atoms with Crippen molar-refractivity contribution in [2.75, 3.05) is 0 Å². The summed E-state index contributed by atoms with van der Waals surface area (Å²) < 4.78 is 0. The molecule has 0 saturated carbocycles. The van der Waals surface area contributed by atoms with Crippen LogP contribution in [0.25, 0.3) is 6.08 Å². The van der Waals surface area contributed by atoms with Gasteiger partial charge in [-0.15, -0.1) is 0 Å². The Hall–Kier alpha value is -1.04. The van der Waals surface area contributed by atoms with Gasteiger partial charge in [-0.25, -0.2) is 0 Å². The summed E-state index contributed by atoms with van der Waals surface area (Å²) in [6, 6.07) is 8.61. The van der Waals surface area contributed by atoms with E-state index in [0.717, 1.165) is 0 Å². The van der Waals surface area contributed by atoms with E-state index in [0.29, 0.717) is 5.92 Å². The molecule has 1 aromatic carbocycles. The van der Waals surface area contributed by atoms with E-state index in [1.54, 1.807) is 0 Å². The Balaban J connectivity index is 0. The number of rotatable bonds is 3. The van der Waals surface area contributed by atoms with Crippen molar-refractivity contribution < 1.29 is 0 Å². The average molecular weight is 192 g/mol. The van der Waals surface area contributed by atoms with Crippen molar-refractivity contribution in [1.82, 2.24) is 0 Å². The molecule has 0 saturated heterocycles. The van der Waals surface area contributed by atoms with E-state index in [1.165, 1.54) is 17.5 Å². The van der Waals surface area contributed by atoms with Crippen molar-refractivity contribution in [3.8, 4) is 0 Å². The van der Waals surface area contributed by atoms with Gasteiger partial charge in [0.1, 0.15) is 0 Å². The maximum absolute atomic E-state index is 3.73. The predicted molar refractivity (Wildman–Crippen MR) is 68.7 cm³/mol. The molecule has 0 heterocycles. The molecule has 1 unspecified atom stereocenters. The second kappa shape index (κ2) is 7.37. The van der Waals surface area contributed by atoms with Gasteiger partial charge >= 0.3 is 0 Å². The number of hydrogen-bond acceptors (Lipinski definition) is 0. The van der Waals surface area contributed by atoms with Gasteiger partial charge < -0.3 is 0 Å². The van der Waals surface area contributed by atoms with Crippen LogP contribution in [0.15, 0.2) is 30.8 Å². The van der Waals surface area contributed by atoms with Gasteiger partial charge in [-0.3, -0.25) is 0 Å². The Morgan fingerprint density at radius 3 is 2.07 bits per heavy atom. The molecule has 0 nitrogen and oxygen atoms in total. The second-order valence-corrected chi connectivity index (χ2v) is 3.18. The summed E-state index contributed by atoms with van der Waals surface area (Å²) in [5.74, 6) is 0.670. The molecule has 0 aliphatic rings. The minimum atomic E-state index is 0. The molecule has 1 rings (SSSR count). The highest BCUT2D eigenvalue weighted by molar-refractivity contribution is 5.47. The molecule has 1 aromatic rings. The zero-order valence-corrected chi connectivity index (χ0v) is 7.88. The van der Waals surface area contributed by atoms with E-state index in [9.17, 15) is 0 Å². The minimum Gasteiger partial charge on any atom is -0.0985 e. The van der Waals surface area contributed by atoms with E-state index in [1.807, 2.05) is 6.08 Å². The summed E-state index contributed by atoms with van der Waals surface area (Å²) in [5.41, 5.74) is 2.62. The van der Waals surface area contributed by atoms with Crippen LogP contribution in [-0.2, 0) is 0 Å². The van der Waals surface area contributed by atoms with E-state index in [-0.39, 0.29) is 14.9 Å². The first-order valence-electron chi connectivity index (χ1n) is 4.50. The van der Waals surface area contributed by atoms with Crippen molar-refractivity contribution in [2.45, 2.75) is 41.0 Å². The van der Waals surface area contributed by atoms with Crippen LogP contribution in [0, 0.1) is 0 Å². The third-order valence-electron chi connectivity index (χ3n) is 2.35. The summed E-state index contributed by atoms with van der Waals surface area (Å²) >= 11 is 0. The summed E-state index contributed by atoms with van der Waals surface area (Å²) in [6.07, 6.45) is 3.08. The van der Waals surface area contributed by atoms with Gasteiger partial charge in [0.25, 0.3) is 0 Å². The third-order valence-corrected chi connectivity index (χ3v) is 2.35. The molecule has 0 N–H and O–H groups in total. The van der Waals surface area contributed by atoms with Gasteiger partial charge in [-0.05, 0) is 23.5 Å². The molecule has 1 atom stereocenters. The lowest BCUT2D eigenvalue weighted by molar-refractivity contribution is 0.733. The van der Waals surface area contributed by atoms with Crippen molar-refractivity contribution >= 4 is 6.08 Å². The molecule has 80 valence electrons. The summed E-state index contributed by atoms with van der Waals surface area (Å²) in [7, 11) is 0. The highest BCUT2D eigenvalue weighted by Gasteiger charge is 2.00. The lowest BCUT2D eigenvalue weighted by Gasteiger charge is -2.08. The van der Waals surface area contributed by atoms with Crippen molar-refractivity contribution in [1.29, 1.82) is 0 Å². The fraction of sp³-hybridized carbons (Fsp3) is 0.429. The molecule has 0 fully saturated rings. The van der Waals surface area contributed by atoms with Gasteiger partial charge in [0.05, 0.1) is 0 Å². The van der Waals surface area contributed by atoms with Crippen molar-refractivity contribution in [3.05, 3.63) is 42.0 Å². The standard InChI is InChI=1S/C12H16.2CH4/c1-4-10(3)12-8-6-11(5-2)7-9-12;;/h5-10H,2,4H2,1,3H3;2*1H4. The largest absolute Gasteiger partial charge is 0.0985 e. The van der Waals surface area contributed by atoms with E-state index < -0.39 is 0 Å². The predicted octanol–water partition coefficient (Wildman–Crippen LogP) is 5.12. The molecule has 0 amide bonds. The lowest BCUT2D eigenvalue weighted by Crippen LogP contribution is -1.90. The molecular weight excluding hydrogens is 168 g/mol. The lowest BCUT2D eigenvalue weighted by atomic mass is 9.98. The fourth-order valence-corrected chi connectivity index (χ4v) is 1.20. The van der Waals surface area contributed by atoms with Gasteiger partial charge in [0.15, 0.2) is 0 Å². The Bertz CT molecular complexity index is 243. The maximum atomic E-state index is 3.73. The van der Waals surface area contributed by atoms with Crippen molar-refractivity contribution in [3.63, 3.8) is 0 Å². The average Bonchev–Trinajstić information content (AvgIpc) is 2.17. The summed E-state index contributed by atoms with van der Waals surface area (Å²) in [5, 5.41) is 0. The van der Waals surface area contributed by atoms with Crippen LogP contribution < -0.4 is 0 Å². The number of benzene rings is 1. The maximum Gasteiger partial charge on any atom is -0.0193 e. The SMILES string of the molecule is C.C.C=Cc1ccc(C(C)CC)cc1. The summed E-state index contributed by atoms with van der Waals surface area (Å²) in [4.78, 5) is 0. The minimum absolute atomic E-state index is 0. The number of hydrogen-bond donors (Lipinski definition) is 0. The fourth-order valence-electron chi connectivity index (χ4n) is 1.20. The molecule has 0 bridgehead atoms. The normalized spacial score (nSPS) is 10.7. The molecule has 0 spiro atoms. The van der Waals surface area contributed by atoms with Gasteiger partial charge in [-0.2, -0.15) is 0 Å². The van der Waals surface area contributed by atoms with Gasteiger partial charge in [0, 0.05) is 0 Å². The zero-order valence-electron chi connectivity index (χ0n) is 7.88. The topological polar surface area (TPSA) is 0 Å². The van der Waals surface area contributed by atoms with Crippen molar-refractivity contribution in [2.24, 2.45) is 0 Å². The van der Waals surface area contributed by atoms with Crippen LogP contribution in [0.2, 0.25) is 0 Å². The van der Waals surface area contributed by atoms with Crippen LogP contribution >= 0.6 is 0 Å². The third kappa shape index (κ3) is 3.78. The van der Waals surface area contributed by atoms with Crippen LogP contribution in [0.5, 0.6) is 0 Å². The quantitative estimate of drug-likeness (QED) is 0.624. The first kappa shape index (κ1) is 15.4. The van der Waals surface area contributed by atoms with Crippen LogP contribution in [-0.4, -0.2) is 0 Å². The van der Waals surface area contributed by atoms with E-state index in [2.05, 4.69) is 44.7 Å². The van der Waals surface area contributed by atoms with E-state index in [4.69, 9.17) is 0 Å². The monoisotopic (exact) mass is 192 g/mol. The Kier molecular flexibility index (Phi) is 8.13. The molecular formula is C14H24. The van der Waals surface area contributed by atoms with Crippen LogP contribution in [0.3, 0.4) is 0 Å². The Labute approximate surface area is 89.7 Å². The van der Waals surface area contributed by atoms with Gasteiger partial charge in [-0.1, -0.05) is 65.6 Å². The smallest absolute Gasteiger partial charge is 0.0193 e.